The van der Waals surface area contributed by atoms with Gasteiger partial charge >= 0.3 is 0 Å². The Hall–Kier alpha value is -3.23. The van der Waals surface area contributed by atoms with Crippen LogP contribution in [0.5, 0.6) is 0 Å². The predicted molar refractivity (Wildman–Crippen MR) is 140 cm³/mol. The van der Waals surface area contributed by atoms with Crippen molar-refractivity contribution >= 4 is 33.0 Å². The number of hydrogen-bond donors (Lipinski definition) is 2. The third-order valence-electron chi connectivity index (χ3n) is 6.95. The highest BCUT2D eigenvalue weighted by atomic mass is 32.1. The van der Waals surface area contributed by atoms with Crippen molar-refractivity contribution in [1.29, 1.82) is 0 Å². The van der Waals surface area contributed by atoms with E-state index in [1.54, 1.807) is 6.33 Å². The second-order valence-corrected chi connectivity index (χ2v) is 10.4. The minimum absolute atomic E-state index is 0.384. The molecule has 0 spiro atoms. The Morgan fingerprint density at radius 1 is 1.06 bits per heavy atom. The van der Waals surface area contributed by atoms with Gasteiger partial charge in [-0.3, -0.25) is 0 Å². The van der Waals surface area contributed by atoms with Crippen molar-refractivity contribution in [3.8, 4) is 21.7 Å². The molecule has 0 unspecified atom stereocenters. The number of rotatable bonds is 4. The number of piperazine rings is 1. The Morgan fingerprint density at radius 3 is 2.62 bits per heavy atom. The van der Waals surface area contributed by atoms with Crippen LogP contribution in [0.15, 0.2) is 36.9 Å². The van der Waals surface area contributed by atoms with Crippen LogP contribution in [0.3, 0.4) is 0 Å². The molecule has 0 saturated carbocycles. The van der Waals surface area contributed by atoms with Crippen molar-refractivity contribution in [2.75, 3.05) is 31.1 Å². The zero-order valence-electron chi connectivity index (χ0n) is 20.0. The van der Waals surface area contributed by atoms with E-state index >= 15 is 0 Å². The number of anilines is 1. The number of fused-ring (bicyclic) bond motifs is 2. The Balaban J connectivity index is 1.41. The van der Waals surface area contributed by atoms with Crippen LogP contribution in [0.25, 0.3) is 37.6 Å². The molecule has 0 aliphatic carbocycles. The average Bonchev–Trinajstić information content (AvgIpc) is 3.56. The van der Waals surface area contributed by atoms with Gasteiger partial charge in [-0.2, -0.15) is 5.10 Å². The Morgan fingerprint density at radius 2 is 1.88 bits per heavy atom. The van der Waals surface area contributed by atoms with Crippen LogP contribution in [0.2, 0.25) is 0 Å². The quantitative estimate of drug-likeness (QED) is 0.379. The molecule has 0 aromatic carbocycles. The van der Waals surface area contributed by atoms with Gasteiger partial charge in [0.05, 0.1) is 15.9 Å². The second-order valence-electron chi connectivity index (χ2n) is 9.38. The Bertz CT molecular complexity index is 1480. The maximum atomic E-state index is 4.78. The topological polar surface area (TPSA) is 74.1 Å². The number of nitrogens with one attached hydrogen (secondary N) is 2. The van der Waals surface area contributed by atoms with Crippen molar-refractivity contribution in [1.82, 2.24) is 29.9 Å². The van der Waals surface area contributed by atoms with Crippen LogP contribution in [-0.4, -0.2) is 50.7 Å². The first-order chi connectivity index (χ1) is 16.5. The molecule has 0 atom stereocenters. The maximum Gasteiger partial charge on any atom is 0.158 e. The van der Waals surface area contributed by atoms with E-state index in [2.05, 4.69) is 77.4 Å². The van der Waals surface area contributed by atoms with E-state index in [0.717, 1.165) is 37.6 Å². The third-order valence-corrected chi connectivity index (χ3v) is 8.17. The molecule has 0 bridgehead atoms. The molecular weight excluding hydrogens is 442 g/mol. The van der Waals surface area contributed by atoms with Crippen LogP contribution in [0, 0.1) is 13.8 Å². The number of aromatic nitrogens is 5. The van der Waals surface area contributed by atoms with E-state index in [1.165, 1.54) is 48.6 Å². The van der Waals surface area contributed by atoms with Crippen molar-refractivity contribution in [3.05, 3.63) is 53.6 Å². The average molecular weight is 472 g/mol. The van der Waals surface area contributed by atoms with Crippen molar-refractivity contribution < 1.29 is 0 Å². The first kappa shape index (κ1) is 21.3. The van der Waals surface area contributed by atoms with Gasteiger partial charge in [0.25, 0.3) is 0 Å². The predicted octanol–water partition coefficient (Wildman–Crippen LogP) is 5.15. The number of H-pyrrole nitrogens is 1. The zero-order valence-corrected chi connectivity index (χ0v) is 20.8. The summed E-state index contributed by atoms with van der Waals surface area (Å²) in [6.07, 6.45) is 5.74. The molecule has 6 heterocycles. The lowest BCUT2D eigenvalue weighted by Gasteiger charge is -2.28. The summed E-state index contributed by atoms with van der Waals surface area (Å²) >= 11 is 1.85. The molecule has 174 valence electrons. The largest absolute Gasteiger partial charge is 0.354 e. The standard InChI is InChI=1S/C26H29N7S/c1-15(2)23-24(19-13-33-26(29-14-30-33)17(4)16(19)3)31-20-11-21(34-25(20)23)18-5-6-22(28-12-18)32-9-7-27-8-10-32/h5-6,11-15,27,31H,7-10H2,1-4H3. The molecule has 1 saturated heterocycles. The van der Waals surface area contributed by atoms with Crippen LogP contribution < -0.4 is 10.2 Å². The summed E-state index contributed by atoms with van der Waals surface area (Å²) in [5.41, 5.74) is 9.40. The number of aromatic amines is 1. The van der Waals surface area contributed by atoms with Gasteiger partial charge in [-0.1, -0.05) is 13.8 Å². The molecule has 8 heteroatoms. The first-order valence-corrected chi connectivity index (χ1v) is 12.7. The number of aryl methyl sites for hydroxylation is 1. The molecule has 6 rings (SSSR count). The van der Waals surface area contributed by atoms with Crippen molar-refractivity contribution in [2.45, 2.75) is 33.6 Å². The molecule has 5 aromatic heterocycles. The van der Waals surface area contributed by atoms with Crippen LogP contribution >= 0.6 is 11.3 Å². The Labute approximate surface area is 202 Å². The molecule has 0 amide bonds. The molecule has 1 fully saturated rings. The summed E-state index contributed by atoms with van der Waals surface area (Å²) in [6.45, 7) is 12.9. The Kier molecular flexibility index (Phi) is 5.15. The zero-order chi connectivity index (χ0) is 23.4. The van der Waals surface area contributed by atoms with E-state index in [0.29, 0.717) is 5.92 Å². The fourth-order valence-corrected chi connectivity index (χ4v) is 6.27. The molecule has 5 aromatic rings. The normalized spacial score (nSPS) is 14.7. The maximum absolute atomic E-state index is 4.78. The lowest BCUT2D eigenvalue weighted by atomic mass is 9.96. The molecule has 2 N–H and O–H groups in total. The van der Waals surface area contributed by atoms with Crippen LogP contribution in [0.1, 0.15) is 36.5 Å². The van der Waals surface area contributed by atoms with Gasteiger partial charge in [-0.25, -0.2) is 14.5 Å². The van der Waals surface area contributed by atoms with Gasteiger partial charge in [0, 0.05) is 54.6 Å². The molecule has 1 aliphatic rings. The third kappa shape index (κ3) is 3.40. The highest BCUT2D eigenvalue weighted by Gasteiger charge is 2.22. The fourth-order valence-electron chi connectivity index (χ4n) is 4.97. The second kappa shape index (κ2) is 8.21. The highest BCUT2D eigenvalue weighted by Crippen LogP contribution is 2.43. The van der Waals surface area contributed by atoms with Gasteiger partial charge in [-0.15, -0.1) is 11.3 Å². The van der Waals surface area contributed by atoms with Gasteiger partial charge in [0.15, 0.2) is 5.65 Å². The SMILES string of the molecule is Cc1c(-c2[nH]c3cc(-c4ccc(N5CCNCC5)nc4)sc3c2C(C)C)cn2ncnc2c1C. The van der Waals surface area contributed by atoms with Crippen LogP contribution in [-0.2, 0) is 0 Å². The van der Waals surface area contributed by atoms with Crippen molar-refractivity contribution in [3.63, 3.8) is 0 Å². The summed E-state index contributed by atoms with van der Waals surface area (Å²) in [5.74, 6) is 1.45. The summed E-state index contributed by atoms with van der Waals surface area (Å²) in [6, 6.07) is 6.63. The lowest BCUT2D eigenvalue weighted by Crippen LogP contribution is -2.43. The van der Waals surface area contributed by atoms with Gasteiger partial charge in [-0.05, 0) is 54.7 Å². The minimum Gasteiger partial charge on any atom is -0.354 e. The highest BCUT2D eigenvalue weighted by molar-refractivity contribution is 7.22. The summed E-state index contributed by atoms with van der Waals surface area (Å²) in [5, 5.41) is 7.80. The number of hydrogen-bond acceptors (Lipinski definition) is 6. The smallest absolute Gasteiger partial charge is 0.158 e. The number of pyridine rings is 2. The van der Waals surface area contributed by atoms with E-state index in [-0.39, 0.29) is 0 Å². The van der Waals surface area contributed by atoms with Gasteiger partial charge < -0.3 is 15.2 Å². The van der Waals surface area contributed by atoms with E-state index in [4.69, 9.17) is 4.98 Å². The van der Waals surface area contributed by atoms with E-state index in [1.807, 2.05) is 22.0 Å². The summed E-state index contributed by atoms with van der Waals surface area (Å²) in [7, 11) is 0. The first-order valence-electron chi connectivity index (χ1n) is 11.9. The van der Waals surface area contributed by atoms with E-state index in [9.17, 15) is 0 Å². The minimum atomic E-state index is 0.384. The summed E-state index contributed by atoms with van der Waals surface area (Å²) in [4.78, 5) is 16.5. The molecule has 34 heavy (non-hydrogen) atoms. The number of nitrogens with zero attached hydrogens (tertiary/aromatic N) is 5. The molecule has 1 aliphatic heterocycles. The molecular formula is C26H29N7S. The molecule has 0 radical (unpaired) electrons. The molecule has 7 nitrogen and oxygen atoms in total. The monoisotopic (exact) mass is 471 g/mol. The number of thiophene rings is 1. The van der Waals surface area contributed by atoms with Gasteiger partial charge in [0.2, 0.25) is 0 Å². The van der Waals surface area contributed by atoms with Gasteiger partial charge in [0.1, 0.15) is 12.1 Å². The van der Waals surface area contributed by atoms with Crippen molar-refractivity contribution in [2.24, 2.45) is 0 Å². The van der Waals surface area contributed by atoms with Crippen LogP contribution in [0.4, 0.5) is 5.82 Å². The summed E-state index contributed by atoms with van der Waals surface area (Å²) < 4.78 is 3.20. The fraction of sp³-hybridized carbons (Fsp3) is 0.346. The lowest BCUT2D eigenvalue weighted by molar-refractivity contribution is 0.585. The van der Waals surface area contributed by atoms with E-state index < -0.39 is 0 Å².